The van der Waals surface area contributed by atoms with Gasteiger partial charge in [-0.15, -0.1) is 0 Å². The van der Waals surface area contributed by atoms with Crippen molar-refractivity contribution in [3.63, 3.8) is 0 Å². The van der Waals surface area contributed by atoms with Gasteiger partial charge in [-0.3, -0.25) is 9.69 Å². The van der Waals surface area contributed by atoms with Crippen molar-refractivity contribution in [2.75, 3.05) is 39.4 Å². The third-order valence-electron chi connectivity index (χ3n) is 5.61. The summed E-state index contributed by atoms with van der Waals surface area (Å²) < 4.78 is 38.2. The zero-order valence-electron chi connectivity index (χ0n) is 16.5. The number of carbonyl (C=O) groups is 1. The van der Waals surface area contributed by atoms with Crippen molar-refractivity contribution < 1.29 is 22.7 Å². The van der Waals surface area contributed by atoms with E-state index >= 15 is 0 Å². The molecule has 1 atom stereocenters. The van der Waals surface area contributed by atoms with Gasteiger partial charge in [0, 0.05) is 32.2 Å². The van der Waals surface area contributed by atoms with Crippen molar-refractivity contribution in [3.8, 4) is 11.5 Å². The quantitative estimate of drug-likeness (QED) is 0.783. The highest BCUT2D eigenvalue weighted by atomic mass is 19.1. The van der Waals surface area contributed by atoms with Crippen molar-refractivity contribution in [1.82, 2.24) is 14.8 Å². The molecule has 0 aliphatic carbocycles. The van der Waals surface area contributed by atoms with Crippen molar-refractivity contribution in [2.45, 2.75) is 26.3 Å². The highest BCUT2D eigenvalue weighted by molar-refractivity contribution is 5.79. The number of carbonyl (C=O) groups excluding carboxylic acids is 1. The highest BCUT2D eigenvalue weighted by Crippen LogP contribution is 2.27. The first-order chi connectivity index (χ1) is 14.0. The van der Waals surface area contributed by atoms with E-state index in [2.05, 4.69) is 9.88 Å². The molecule has 6 nitrogen and oxygen atoms in total. The Labute approximate surface area is 168 Å². The average molecular weight is 405 g/mol. The molecule has 29 heavy (non-hydrogen) atoms. The lowest BCUT2D eigenvalue weighted by molar-refractivity contribution is -0.141. The van der Waals surface area contributed by atoms with Crippen LogP contribution in [-0.2, 0) is 16.1 Å². The number of rotatable bonds is 4. The van der Waals surface area contributed by atoms with Crippen molar-refractivity contribution in [1.29, 1.82) is 0 Å². The molecule has 0 unspecified atom stereocenters. The fourth-order valence-corrected chi connectivity index (χ4v) is 4.01. The molecule has 3 heterocycles. The van der Waals surface area contributed by atoms with Gasteiger partial charge in [0.25, 0.3) is 0 Å². The Morgan fingerprint density at radius 2 is 2.03 bits per heavy atom. The van der Waals surface area contributed by atoms with Crippen LogP contribution in [0.1, 0.15) is 24.3 Å². The van der Waals surface area contributed by atoms with Crippen LogP contribution in [-0.4, -0.2) is 60.1 Å². The maximum absolute atomic E-state index is 14.1. The number of hydrogen-bond acceptors (Lipinski definition) is 5. The van der Waals surface area contributed by atoms with E-state index in [-0.39, 0.29) is 23.3 Å². The summed E-state index contributed by atoms with van der Waals surface area (Å²) in [5.41, 5.74) is 0.850. The predicted octanol–water partition coefficient (Wildman–Crippen LogP) is 3.00. The van der Waals surface area contributed by atoms with E-state index in [0.29, 0.717) is 50.8 Å². The van der Waals surface area contributed by atoms with Gasteiger partial charge in [-0.2, -0.15) is 0 Å². The number of ether oxygens (including phenoxy) is 1. The second-order valence-corrected chi connectivity index (χ2v) is 7.66. The first-order valence-electron chi connectivity index (χ1n) is 10.0. The molecule has 0 radical (unpaired) electrons. The maximum atomic E-state index is 14.1. The molecule has 2 aliphatic heterocycles. The molecular formula is C21H25F2N3O3. The van der Waals surface area contributed by atoms with Crippen molar-refractivity contribution >= 4 is 5.91 Å². The molecule has 2 aromatic rings. The zero-order valence-corrected chi connectivity index (χ0v) is 16.5. The third kappa shape index (κ3) is 4.48. The highest BCUT2D eigenvalue weighted by Gasteiger charge is 2.30. The number of halogens is 2. The van der Waals surface area contributed by atoms with E-state index in [1.807, 2.05) is 4.90 Å². The number of likely N-dealkylation sites (tertiary alicyclic amines) is 1. The second kappa shape index (κ2) is 8.59. The lowest BCUT2D eigenvalue weighted by Crippen LogP contribution is -2.48. The Balaban J connectivity index is 1.43. The van der Waals surface area contributed by atoms with Crippen molar-refractivity contribution in [2.24, 2.45) is 5.92 Å². The van der Waals surface area contributed by atoms with Crippen molar-refractivity contribution in [3.05, 3.63) is 41.3 Å². The molecule has 2 saturated heterocycles. The number of benzene rings is 1. The summed E-state index contributed by atoms with van der Waals surface area (Å²) in [6.07, 6.45) is 1.83. The molecule has 2 aliphatic rings. The number of aromatic nitrogens is 1. The zero-order chi connectivity index (χ0) is 20.4. The molecular weight excluding hydrogens is 380 g/mol. The molecule has 1 amide bonds. The van der Waals surface area contributed by atoms with Gasteiger partial charge in [-0.05, 0) is 38.4 Å². The fraction of sp³-hybridized carbons (Fsp3) is 0.524. The first kappa shape index (κ1) is 20.0. The number of piperidine rings is 1. The first-order valence-corrected chi connectivity index (χ1v) is 10.0. The maximum Gasteiger partial charge on any atom is 0.229 e. The Kier molecular flexibility index (Phi) is 5.91. The van der Waals surface area contributed by atoms with Crippen LogP contribution < -0.4 is 0 Å². The van der Waals surface area contributed by atoms with Gasteiger partial charge >= 0.3 is 0 Å². The number of hydrogen-bond donors (Lipinski definition) is 0. The van der Waals surface area contributed by atoms with E-state index in [9.17, 15) is 13.6 Å². The SMILES string of the molecule is Cc1oc(-c2ccc(F)cc2F)nc1CN1CCC[C@H](C(=O)N2CCOCC2)C1. The summed E-state index contributed by atoms with van der Waals surface area (Å²) in [6, 6.07) is 3.34. The van der Waals surface area contributed by atoms with E-state index in [1.165, 1.54) is 12.1 Å². The van der Waals surface area contributed by atoms with Crippen LogP contribution >= 0.6 is 0 Å². The third-order valence-corrected chi connectivity index (χ3v) is 5.61. The van der Waals surface area contributed by atoms with E-state index < -0.39 is 11.6 Å². The Hall–Kier alpha value is -2.32. The molecule has 2 fully saturated rings. The number of morpholine rings is 1. The largest absolute Gasteiger partial charge is 0.441 e. The predicted molar refractivity (Wildman–Crippen MR) is 102 cm³/mol. The minimum absolute atomic E-state index is 0.0249. The van der Waals surface area contributed by atoms with Crippen LogP contribution in [0.2, 0.25) is 0 Å². The summed E-state index contributed by atoms with van der Waals surface area (Å²) in [6.45, 7) is 6.38. The smallest absolute Gasteiger partial charge is 0.229 e. The number of aryl methyl sites for hydroxylation is 1. The van der Waals surface area contributed by atoms with Gasteiger partial charge in [0.2, 0.25) is 11.8 Å². The second-order valence-electron chi connectivity index (χ2n) is 7.66. The molecule has 0 N–H and O–H groups in total. The van der Waals surface area contributed by atoms with E-state index in [1.54, 1.807) is 6.92 Å². The molecule has 1 aromatic heterocycles. The Morgan fingerprint density at radius 1 is 1.24 bits per heavy atom. The van der Waals surface area contributed by atoms with Crippen LogP contribution in [0.25, 0.3) is 11.5 Å². The lowest BCUT2D eigenvalue weighted by Gasteiger charge is -2.36. The summed E-state index contributed by atoms with van der Waals surface area (Å²) in [4.78, 5) is 21.3. The molecule has 0 spiro atoms. The Bertz CT molecular complexity index is 880. The number of amides is 1. The van der Waals surface area contributed by atoms with Crippen LogP contribution in [0.3, 0.4) is 0 Å². The minimum atomic E-state index is -0.702. The Morgan fingerprint density at radius 3 is 2.79 bits per heavy atom. The van der Waals surface area contributed by atoms with Crippen LogP contribution in [0.4, 0.5) is 8.78 Å². The van der Waals surface area contributed by atoms with E-state index in [0.717, 1.165) is 25.5 Å². The molecule has 156 valence electrons. The van der Waals surface area contributed by atoms with E-state index in [4.69, 9.17) is 9.15 Å². The molecule has 0 bridgehead atoms. The number of oxazole rings is 1. The average Bonchev–Trinajstić information content (AvgIpc) is 3.08. The summed E-state index contributed by atoms with van der Waals surface area (Å²) in [7, 11) is 0. The summed E-state index contributed by atoms with van der Waals surface area (Å²) in [5, 5.41) is 0. The van der Waals surface area contributed by atoms with Gasteiger partial charge in [0.1, 0.15) is 17.4 Å². The van der Waals surface area contributed by atoms with Gasteiger partial charge in [-0.1, -0.05) is 0 Å². The van der Waals surface area contributed by atoms with Gasteiger partial charge in [0.05, 0.1) is 30.4 Å². The normalized spacial score (nSPS) is 20.8. The molecule has 1 aromatic carbocycles. The standard InChI is InChI=1S/C21H25F2N3O3/c1-14-19(24-20(29-14)17-5-4-16(22)11-18(17)23)13-25-6-2-3-15(12-25)21(27)26-7-9-28-10-8-26/h4-5,11,15H,2-3,6-10,12-13H2,1H3/t15-/m0/s1. The summed E-state index contributed by atoms with van der Waals surface area (Å²) in [5.74, 6) is -0.420. The van der Waals surface area contributed by atoms with Gasteiger partial charge in [0.15, 0.2) is 0 Å². The van der Waals surface area contributed by atoms with Crippen LogP contribution in [0, 0.1) is 24.5 Å². The summed E-state index contributed by atoms with van der Waals surface area (Å²) >= 11 is 0. The monoisotopic (exact) mass is 405 g/mol. The topological polar surface area (TPSA) is 58.8 Å². The van der Waals surface area contributed by atoms with Gasteiger partial charge in [-0.25, -0.2) is 13.8 Å². The lowest BCUT2D eigenvalue weighted by atomic mass is 9.96. The molecule has 4 rings (SSSR count). The molecule has 8 heteroatoms. The van der Waals surface area contributed by atoms with Crippen LogP contribution in [0.15, 0.2) is 22.6 Å². The number of nitrogens with zero attached hydrogens (tertiary/aromatic N) is 3. The van der Waals surface area contributed by atoms with Crippen LogP contribution in [0.5, 0.6) is 0 Å². The molecule has 0 saturated carbocycles. The fourth-order valence-electron chi connectivity index (χ4n) is 4.01. The minimum Gasteiger partial charge on any atom is -0.441 e. The van der Waals surface area contributed by atoms with Gasteiger partial charge < -0.3 is 14.1 Å².